The third-order valence-electron chi connectivity index (χ3n) is 6.88. The van der Waals surface area contributed by atoms with Gasteiger partial charge in [0.15, 0.2) is 0 Å². The number of carbonyl (C=O) groups is 4. The minimum Gasteiger partial charge on any atom is -0.461 e. The Bertz CT molecular complexity index is 960. The smallest absolute Gasteiger partial charge is 0.337 e. The molecule has 1 saturated heterocycles. The molecule has 8 heteroatoms. The monoisotopic (exact) mass is 486 g/mol. The van der Waals surface area contributed by atoms with Crippen molar-refractivity contribution >= 4 is 23.9 Å². The molecule has 0 unspecified atom stereocenters. The first-order chi connectivity index (χ1) is 16.6. The summed E-state index contributed by atoms with van der Waals surface area (Å²) in [5.74, 6) is -3.11. The van der Waals surface area contributed by atoms with Crippen LogP contribution in [0.15, 0.2) is 48.6 Å². The predicted molar refractivity (Wildman–Crippen MR) is 127 cm³/mol. The van der Waals surface area contributed by atoms with E-state index in [1.807, 2.05) is 13.8 Å². The van der Waals surface area contributed by atoms with Crippen LogP contribution in [0.5, 0.6) is 0 Å². The zero-order valence-corrected chi connectivity index (χ0v) is 20.5. The Labute approximate surface area is 206 Å². The Hall–Kier alpha value is -3.16. The highest BCUT2D eigenvalue weighted by molar-refractivity contribution is 5.92. The second kappa shape index (κ2) is 11.1. The summed E-state index contributed by atoms with van der Waals surface area (Å²) in [6, 6.07) is 0. The molecule has 6 atom stereocenters. The maximum atomic E-state index is 12.7. The highest BCUT2D eigenvalue weighted by Gasteiger charge is 2.57. The molecule has 0 spiro atoms. The molecule has 1 heterocycles. The lowest BCUT2D eigenvalue weighted by Gasteiger charge is -2.28. The molecule has 2 saturated carbocycles. The summed E-state index contributed by atoms with van der Waals surface area (Å²) < 4.78 is 22.2. The van der Waals surface area contributed by atoms with Gasteiger partial charge in [0.25, 0.3) is 0 Å². The van der Waals surface area contributed by atoms with E-state index >= 15 is 0 Å². The summed E-state index contributed by atoms with van der Waals surface area (Å²) in [6.07, 6.45) is 0.688. The van der Waals surface area contributed by atoms with Crippen LogP contribution in [0.25, 0.3) is 0 Å². The summed E-state index contributed by atoms with van der Waals surface area (Å²) in [6.45, 7) is 19.4. The summed E-state index contributed by atoms with van der Waals surface area (Å²) >= 11 is 0. The van der Waals surface area contributed by atoms with Gasteiger partial charge in [-0.05, 0) is 30.8 Å². The second-order valence-electron chi connectivity index (χ2n) is 9.41. The molecule has 2 aliphatic carbocycles. The van der Waals surface area contributed by atoms with E-state index in [1.165, 1.54) is 0 Å². The molecule has 0 aromatic carbocycles. The van der Waals surface area contributed by atoms with E-state index in [-0.39, 0.29) is 48.4 Å². The van der Waals surface area contributed by atoms with Crippen molar-refractivity contribution in [1.82, 2.24) is 0 Å². The number of hydrogen-bond donors (Lipinski definition) is 0. The van der Waals surface area contributed by atoms with Crippen molar-refractivity contribution in [2.75, 3.05) is 6.61 Å². The van der Waals surface area contributed by atoms with Crippen LogP contribution in [0.3, 0.4) is 0 Å². The molecule has 0 aromatic heterocycles. The van der Waals surface area contributed by atoms with E-state index in [1.54, 1.807) is 0 Å². The first-order valence-electron chi connectivity index (χ1n) is 12.1. The van der Waals surface area contributed by atoms with Gasteiger partial charge < -0.3 is 18.9 Å². The third kappa shape index (κ3) is 5.57. The van der Waals surface area contributed by atoms with Crippen molar-refractivity contribution in [1.29, 1.82) is 0 Å². The SMILES string of the molecule is C=C(COC(=O)CCC)C(=O)O[C@H]1CC(=C)[C@@H]2C[C@H](OC(=O)CCC)C(=C)[C@@H]2[C@H]2OC(=O)C(=C)[C@@H]21. The molecule has 3 aliphatic rings. The quantitative estimate of drug-likeness (QED) is 0.210. The standard InChI is InChI=1S/C27H34O8/c1-7-9-21(28)32-13-15(4)26(30)34-20-11-14(3)18-12-19(33-22(29)10-8-2)16(5)23(18)25-24(20)17(6)27(31)35-25/h18-20,23-25H,3-13H2,1-2H3/t18-,19-,20-,23-,24+,25+/m0/s1. The van der Waals surface area contributed by atoms with E-state index in [0.29, 0.717) is 31.3 Å². The molecule has 190 valence electrons. The summed E-state index contributed by atoms with van der Waals surface area (Å²) in [4.78, 5) is 49.0. The molecule has 1 aliphatic heterocycles. The molecular formula is C27H34O8. The molecular weight excluding hydrogens is 452 g/mol. The van der Waals surface area contributed by atoms with Crippen LogP contribution >= 0.6 is 0 Å². The van der Waals surface area contributed by atoms with Gasteiger partial charge in [0.2, 0.25) is 0 Å². The number of ether oxygens (including phenoxy) is 4. The van der Waals surface area contributed by atoms with Crippen molar-refractivity contribution in [3.8, 4) is 0 Å². The first-order valence-corrected chi connectivity index (χ1v) is 12.1. The zero-order chi connectivity index (χ0) is 25.9. The minimum absolute atomic E-state index is 0.00998. The zero-order valence-electron chi connectivity index (χ0n) is 20.5. The highest BCUT2D eigenvalue weighted by Crippen LogP contribution is 2.53. The third-order valence-corrected chi connectivity index (χ3v) is 6.88. The van der Waals surface area contributed by atoms with Gasteiger partial charge >= 0.3 is 23.9 Å². The lowest BCUT2D eigenvalue weighted by molar-refractivity contribution is -0.151. The molecule has 0 amide bonds. The maximum absolute atomic E-state index is 12.7. The van der Waals surface area contributed by atoms with Gasteiger partial charge in [-0.1, -0.05) is 45.7 Å². The van der Waals surface area contributed by atoms with Gasteiger partial charge in [-0.2, -0.15) is 0 Å². The summed E-state index contributed by atoms with van der Waals surface area (Å²) in [5.41, 5.74) is 1.66. The fraction of sp³-hybridized carbons (Fsp3) is 0.556. The first kappa shape index (κ1) is 26.4. The Morgan fingerprint density at radius 1 is 1.00 bits per heavy atom. The van der Waals surface area contributed by atoms with Gasteiger partial charge in [0.1, 0.15) is 24.9 Å². The number of carbonyl (C=O) groups excluding carboxylic acids is 4. The number of esters is 4. The van der Waals surface area contributed by atoms with Gasteiger partial charge in [0, 0.05) is 30.8 Å². The van der Waals surface area contributed by atoms with Crippen molar-refractivity contribution in [2.24, 2.45) is 17.8 Å². The van der Waals surface area contributed by atoms with Crippen molar-refractivity contribution in [3.63, 3.8) is 0 Å². The van der Waals surface area contributed by atoms with Crippen molar-refractivity contribution in [2.45, 2.75) is 70.7 Å². The van der Waals surface area contributed by atoms with Crippen LogP contribution in [0.1, 0.15) is 52.4 Å². The maximum Gasteiger partial charge on any atom is 0.337 e. The van der Waals surface area contributed by atoms with Crippen LogP contribution in [0.4, 0.5) is 0 Å². The predicted octanol–water partition coefficient (Wildman–Crippen LogP) is 3.76. The molecule has 35 heavy (non-hydrogen) atoms. The second-order valence-corrected chi connectivity index (χ2v) is 9.41. The van der Waals surface area contributed by atoms with E-state index in [9.17, 15) is 19.2 Å². The average Bonchev–Trinajstić information content (AvgIpc) is 3.23. The van der Waals surface area contributed by atoms with Crippen LogP contribution in [-0.4, -0.2) is 48.8 Å². The van der Waals surface area contributed by atoms with Crippen LogP contribution in [0, 0.1) is 17.8 Å². The van der Waals surface area contributed by atoms with E-state index in [0.717, 1.165) is 5.57 Å². The van der Waals surface area contributed by atoms with Gasteiger partial charge in [0.05, 0.1) is 11.5 Å². The number of rotatable bonds is 9. The Morgan fingerprint density at radius 3 is 2.31 bits per heavy atom. The molecule has 0 N–H and O–H groups in total. The number of hydrogen-bond acceptors (Lipinski definition) is 8. The molecule has 3 rings (SSSR count). The van der Waals surface area contributed by atoms with Gasteiger partial charge in [-0.25, -0.2) is 9.59 Å². The topological polar surface area (TPSA) is 105 Å². The minimum atomic E-state index is -0.762. The Kier molecular flexibility index (Phi) is 8.35. The van der Waals surface area contributed by atoms with Crippen LogP contribution in [-0.2, 0) is 38.1 Å². The normalized spacial score (nSPS) is 29.5. The average molecular weight is 487 g/mol. The fourth-order valence-corrected chi connectivity index (χ4v) is 5.12. The van der Waals surface area contributed by atoms with Gasteiger partial charge in [-0.15, -0.1) is 0 Å². The van der Waals surface area contributed by atoms with Crippen LogP contribution < -0.4 is 0 Å². The largest absolute Gasteiger partial charge is 0.461 e. The Balaban J connectivity index is 1.77. The van der Waals surface area contributed by atoms with Crippen molar-refractivity contribution in [3.05, 3.63) is 48.6 Å². The van der Waals surface area contributed by atoms with Crippen molar-refractivity contribution < 1.29 is 38.1 Å². The van der Waals surface area contributed by atoms with E-state index < -0.39 is 42.1 Å². The Morgan fingerprint density at radius 2 is 1.66 bits per heavy atom. The summed E-state index contributed by atoms with van der Waals surface area (Å²) in [7, 11) is 0. The van der Waals surface area contributed by atoms with E-state index in [2.05, 4.69) is 26.3 Å². The number of fused-ring (bicyclic) bond motifs is 3. The lowest BCUT2D eigenvalue weighted by atomic mass is 9.81. The molecule has 8 nitrogen and oxygen atoms in total. The molecule has 3 fully saturated rings. The lowest BCUT2D eigenvalue weighted by Crippen LogP contribution is -2.36. The molecule has 0 aromatic rings. The summed E-state index contributed by atoms with van der Waals surface area (Å²) in [5, 5.41) is 0. The van der Waals surface area contributed by atoms with Gasteiger partial charge in [-0.3, -0.25) is 9.59 Å². The fourth-order valence-electron chi connectivity index (χ4n) is 5.12. The molecule has 0 bridgehead atoms. The molecule has 0 radical (unpaired) electrons. The van der Waals surface area contributed by atoms with Crippen LogP contribution in [0.2, 0.25) is 0 Å². The van der Waals surface area contributed by atoms with E-state index in [4.69, 9.17) is 18.9 Å². The highest BCUT2D eigenvalue weighted by atomic mass is 16.6.